The first kappa shape index (κ1) is 21.8. The van der Waals surface area contributed by atoms with Gasteiger partial charge in [-0.25, -0.2) is 4.79 Å². The van der Waals surface area contributed by atoms with E-state index in [0.717, 1.165) is 36.0 Å². The molecule has 0 aliphatic heterocycles. The molecule has 1 saturated carbocycles. The molecule has 2 atom stereocenters. The van der Waals surface area contributed by atoms with Gasteiger partial charge in [0.2, 0.25) is 11.4 Å². The van der Waals surface area contributed by atoms with E-state index in [4.69, 9.17) is 9.47 Å². The highest BCUT2D eigenvalue weighted by Gasteiger charge is 2.52. The Morgan fingerprint density at radius 3 is 2.15 bits per heavy atom. The first-order chi connectivity index (χ1) is 12.8. The van der Waals surface area contributed by atoms with Gasteiger partial charge in [0, 0.05) is 17.8 Å². The number of ether oxygens (including phenoxy) is 2. The fourth-order valence-corrected chi connectivity index (χ4v) is 7.77. The largest absolute Gasteiger partial charge is 0.467 e. The van der Waals surface area contributed by atoms with Crippen molar-refractivity contribution >= 4 is 18.6 Å². The molecule has 0 spiro atoms. The van der Waals surface area contributed by atoms with Crippen LogP contribution < -0.4 is 0 Å². The maximum absolute atomic E-state index is 14.4. The molecule has 1 aromatic carbocycles. The van der Waals surface area contributed by atoms with Crippen molar-refractivity contribution in [1.29, 1.82) is 0 Å². The molecule has 150 valence electrons. The zero-order valence-corrected chi connectivity index (χ0v) is 17.9. The lowest BCUT2D eigenvalue weighted by Crippen LogP contribution is -2.35. The standard InChI is InChI=1S/C21H31O5P/c1-6-26-21(19(22)25-5)27(24,17-10-8-7-9-11-17)20(23)18-15(3)12-14(2)13-16(18)4/h12-13,17,21H,6-11H2,1-5H3. The van der Waals surface area contributed by atoms with E-state index < -0.39 is 24.5 Å². The number of hydrogen-bond acceptors (Lipinski definition) is 5. The number of methoxy groups -OCH3 is 1. The summed E-state index contributed by atoms with van der Waals surface area (Å²) >= 11 is 0. The second kappa shape index (κ2) is 9.16. The topological polar surface area (TPSA) is 69.7 Å². The molecule has 0 N–H and O–H groups in total. The van der Waals surface area contributed by atoms with Crippen LogP contribution in [0.5, 0.6) is 0 Å². The normalized spacial score (nSPS) is 18.6. The first-order valence-corrected chi connectivity index (χ1v) is 11.5. The quantitative estimate of drug-likeness (QED) is 0.482. The number of carbonyl (C=O) groups excluding carboxylic acids is 2. The van der Waals surface area contributed by atoms with Crippen LogP contribution in [-0.2, 0) is 18.8 Å². The molecule has 1 fully saturated rings. The van der Waals surface area contributed by atoms with Gasteiger partial charge >= 0.3 is 5.97 Å². The minimum Gasteiger partial charge on any atom is -0.467 e. The molecular weight excluding hydrogens is 363 g/mol. The predicted molar refractivity (Wildman–Crippen MR) is 107 cm³/mol. The van der Waals surface area contributed by atoms with Crippen LogP contribution >= 0.6 is 7.14 Å². The molecule has 0 heterocycles. The van der Waals surface area contributed by atoms with Gasteiger partial charge in [-0.05, 0) is 51.7 Å². The fourth-order valence-electron chi connectivity index (χ4n) is 4.21. The molecule has 1 aliphatic rings. The molecule has 0 radical (unpaired) electrons. The molecular formula is C21H31O5P. The summed E-state index contributed by atoms with van der Waals surface area (Å²) in [5, 5.41) is 0. The molecule has 0 bridgehead atoms. The summed E-state index contributed by atoms with van der Waals surface area (Å²) in [6.45, 7) is 7.59. The van der Waals surface area contributed by atoms with E-state index >= 15 is 0 Å². The third-order valence-electron chi connectivity index (χ3n) is 5.40. The van der Waals surface area contributed by atoms with Crippen LogP contribution in [0.1, 0.15) is 66.1 Å². The zero-order chi connectivity index (χ0) is 20.2. The van der Waals surface area contributed by atoms with E-state index in [2.05, 4.69) is 0 Å². The number of carbonyl (C=O) groups is 2. The van der Waals surface area contributed by atoms with E-state index in [1.807, 2.05) is 32.9 Å². The van der Waals surface area contributed by atoms with Gasteiger partial charge in [-0.3, -0.25) is 4.79 Å². The molecule has 2 unspecified atom stereocenters. The number of aryl methyl sites for hydroxylation is 3. The Hall–Kier alpha value is -1.45. The van der Waals surface area contributed by atoms with Crippen molar-refractivity contribution in [3.63, 3.8) is 0 Å². The van der Waals surface area contributed by atoms with E-state index in [-0.39, 0.29) is 12.3 Å². The molecule has 1 aliphatic carbocycles. The summed E-state index contributed by atoms with van der Waals surface area (Å²) in [5.41, 5.74) is 2.30. The van der Waals surface area contributed by atoms with Crippen molar-refractivity contribution < 1.29 is 23.6 Å². The highest BCUT2D eigenvalue weighted by molar-refractivity contribution is 7.82. The second-order valence-electron chi connectivity index (χ2n) is 7.41. The molecule has 27 heavy (non-hydrogen) atoms. The SMILES string of the molecule is CCOC(C(=O)OC)P(=O)(C(=O)c1c(C)cc(C)cc1C)C1CCCCC1. The van der Waals surface area contributed by atoms with Gasteiger partial charge in [-0.15, -0.1) is 0 Å². The molecule has 6 heteroatoms. The van der Waals surface area contributed by atoms with Crippen LogP contribution in [0, 0.1) is 20.8 Å². The number of esters is 1. The first-order valence-electron chi connectivity index (χ1n) is 9.68. The third-order valence-corrected chi connectivity index (χ3v) is 8.92. The maximum Gasteiger partial charge on any atom is 0.343 e. The lowest BCUT2D eigenvalue weighted by atomic mass is 10.0. The zero-order valence-electron chi connectivity index (χ0n) is 17.0. The van der Waals surface area contributed by atoms with Crippen molar-refractivity contribution in [2.24, 2.45) is 0 Å². The maximum atomic E-state index is 14.4. The van der Waals surface area contributed by atoms with E-state index in [1.54, 1.807) is 6.92 Å². The Bertz CT molecular complexity index is 726. The second-order valence-corrected chi connectivity index (χ2v) is 10.4. The van der Waals surface area contributed by atoms with Gasteiger partial charge in [0.15, 0.2) is 7.14 Å². The van der Waals surface area contributed by atoms with Crippen LogP contribution in [0.15, 0.2) is 12.1 Å². The summed E-state index contributed by atoms with van der Waals surface area (Å²) < 4.78 is 24.9. The van der Waals surface area contributed by atoms with Crippen LogP contribution in [0.2, 0.25) is 0 Å². The van der Waals surface area contributed by atoms with Gasteiger partial charge in [-0.2, -0.15) is 0 Å². The summed E-state index contributed by atoms with van der Waals surface area (Å²) in [5.74, 6) is -2.05. The molecule has 1 aromatic rings. The minimum absolute atomic E-state index is 0.190. The van der Waals surface area contributed by atoms with Crippen molar-refractivity contribution in [3.8, 4) is 0 Å². The molecule has 2 rings (SSSR count). The predicted octanol–water partition coefficient (Wildman–Crippen LogP) is 4.98. The average Bonchev–Trinajstić information content (AvgIpc) is 2.64. The van der Waals surface area contributed by atoms with Crippen molar-refractivity contribution in [2.45, 2.75) is 71.3 Å². The summed E-state index contributed by atoms with van der Waals surface area (Å²) in [4.78, 5) is 26.2. The third kappa shape index (κ3) is 4.35. The Morgan fingerprint density at radius 1 is 1.11 bits per heavy atom. The van der Waals surface area contributed by atoms with Crippen LogP contribution in [0.3, 0.4) is 0 Å². The summed E-state index contributed by atoms with van der Waals surface area (Å²) in [7, 11) is -2.47. The van der Waals surface area contributed by atoms with Gasteiger partial charge in [-0.1, -0.05) is 37.0 Å². The van der Waals surface area contributed by atoms with E-state index in [1.165, 1.54) is 7.11 Å². The Balaban J connectivity index is 2.63. The van der Waals surface area contributed by atoms with Crippen molar-refractivity contribution in [2.75, 3.05) is 13.7 Å². The lowest BCUT2D eigenvalue weighted by Gasteiger charge is -2.34. The molecule has 5 nitrogen and oxygen atoms in total. The van der Waals surface area contributed by atoms with Crippen LogP contribution in [0.4, 0.5) is 0 Å². The van der Waals surface area contributed by atoms with Gasteiger partial charge in [0.05, 0.1) is 7.11 Å². The Morgan fingerprint density at radius 2 is 1.67 bits per heavy atom. The highest BCUT2D eigenvalue weighted by Crippen LogP contribution is 2.62. The minimum atomic E-state index is -3.71. The monoisotopic (exact) mass is 394 g/mol. The van der Waals surface area contributed by atoms with Gasteiger partial charge < -0.3 is 14.0 Å². The summed E-state index contributed by atoms with van der Waals surface area (Å²) in [6.07, 6.45) is 4.23. The Kier molecular flexibility index (Phi) is 7.41. The lowest BCUT2D eigenvalue weighted by molar-refractivity contribution is -0.148. The molecule has 0 amide bonds. The summed E-state index contributed by atoms with van der Waals surface area (Å²) in [6, 6.07) is 3.83. The molecule has 0 saturated heterocycles. The Labute approximate surface area is 162 Å². The number of hydrogen-bond donors (Lipinski definition) is 0. The highest BCUT2D eigenvalue weighted by atomic mass is 31.2. The number of benzene rings is 1. The van der Waals surface area contributed by atoms with Crippen molar-refractivity contribution in [3.05, 3.63) is 34.4 Å². The van der Waals surface area contributed by atoms with Crippen molar-refractivity contribution in [1.82, 2.24) is 0 Å². The fraction of sp³-hybridized carbons (Fsp3) is 0.619. The van der Waals surface area contributed by atoms with E-state index in [9.17, 15) is 14.2 Å². The smallest absolute Gasteiger partial charge is 0.343 e. The van der Waals surface area contributed by atoms with Crippen LogP contribution in [0.25, 0.3) is 0 Å². The number of rotatable bonds is 7. The van der Waals surface area contributed by atoms with Crippen LogP contribution in [-0.4, -0.2) is 36.7 Å². The van der Waals surface area contributed by atoms with Gasteiger partial charge in [0.25, 0.3) is 0 Å². The average molecular weight is 394 g/mol. The van der Waals surface area contributed by atoms with E-state index in [0.29, 0.717) is 18.4 Å². The molecule has 0 aromatic heterocycles. The van der Waals surface area contributed by atoms with Gasteiger partial charge in [0.1, 0.15) is 0 Å².